The van der Waals surface area contributed by atoms with Crippen LogP contribution in [0.3, 0.4) is 0 Å². The fraction of sp³-hybridized carbons (Fsp3) is 0.333. The minimum atomic E-state index is -0.575. The van der Waals surface area contributed by atoms with E-state index in [1.807, 2.05) is 13.8 Å². The first-order valence-corrected chi connectivity index (χ1v) is 10.5. The molecule has 1 aliphatic carbocycles. The Labute approximate surface area is 183 Å². The third-order valence-electron chi connectivity index (χ3n) is 4.48. The van der Waals surface area contributed by atoms with Gasteiger partial charge in [-0.3, -0.25) is 14.9 Å². The standard InChI is InChI=1S/C18H17ClFN7O.C3H6/c1-8(2)23-18-16(20)15(19)14(10-4-22-26-17(10)18)11-6-27-7-12(24-9(3)28)25-13(27)5-21-11;1-2-3-1/h4-8,23H,1-3H3,(H,22,26)(H,24,28);1-3H2. The maximum absolute atomic E-state index is 15.0. The Balaban J connectivity index is 0.000000710. The van der Waals surface area contributed by atoms with Gasteiger partial charge in [0.1, 0.15) is 0 Å². The first-order chi connectivity index (χ1) is 14.8. The van der Waals surface area contributed by atoms with E-state index in [-0.39, 0.29) is 22.7 Å². The first-order valence-electron chi connectivity index (χ1n) is 10.1. The summed E-state index contributed by atoms with van der Waals surface area (Å²) in [6.07, 6.45) is 10.9. The van der Waals surface area contributed by atoms with E-state index in [4.69, 9.17) is 11.6 Å². The van der Waals surface area contributed by atoms with Crippen LogP contribution in [0.25, 0.3) is 27.8 Å². The molecule has 0 bridgehead atoms. The number of aromatic amines is 1. The van der Waals surface area contributed by atoms with E-state index in [2.05, 4.69) is 30.8 Å². The van der Waals surface area contributed by atoms with Crippen molar-refractivity contribution in [2.75, 3.05) is 10.6 Å². The molecule has 5 rings (SSSR count). The molecule has 0 unspecified atom stereocenters. The number of imidazole rings is 1. The largest absolute Gasteiger partial charge is 0.379 e. The highest BCUT2D eigenvalue weighted by atomic mass is 35.5. The third-order valence-corrected chi connectivity index (χ3v) is 4.83. The highest BCUT2D eigenvalue weighted by molar-refractivity contribution is 6.35. The Kier molecular flexibility index (Phi) is 5.77. The van der Waals surface area contributed by atoms with Crippen molar-refractivity contribution in [1.29, 1.82) is 0 Å². The Morgan fingerprint density at radius 1 is 1.26 bits per heavy atom. The molecule has 1 fully saturated rings. The number of halogens is 2. The van der Waals surface area contributed by atoms with Gasteiger partial charge in [0.2, 0.25) is 5.91 Å². The van der Waals surface area contributed by atoms with Crippen LogP contribution in [0.2, 0.25) is 5.02 Å². The van der Waals surface area contributed by atoms with Crippen molar-refractivity contribution in [2.24, 2.45) is 0 Å². The molecule has 3 heterocycles. The van der Waals surface area contributed by atoms with Gasteiger partial charge in [-0.05, 0) is 13.8 Å². The predicted octanol–water partition coefficient (Wildman–Crippen LogP) is 5.01. The SMILES string of the molecule is C1CC1.CC(=O)Nc1cn2cc(-c3c(Cl)c(F)c(NC(C)C)c4[nH]ncc34)ncc2n1. The highest BCUT2D eigenvalue weighted by Gasteiger charge is 2.22. The molecule has 0 spiro atoms. The lowest BCUT2D eigenvalue weighted by Gasteiger charge is -2.15. The number of carbonyl (C=O) groups is 1. The van der Waals surface area contributed by atoms with Gasteiger partial charge in [0, 0.05) is 30.1 Å². The van der Waals surface area contributed by atoms with Crippen molar-refractivity contribution in [3.05, 3.63) is 35.6 Å². The molecule has 3 N–H and O–H groups in total. The molecule has 0 saturated heterocycles. The zero-order valence-corrected chi connectivity index (χ0v) is 18.2. The normalized spacial score (nSPS) is 12.7. The van der Waals surface area contributed by atoms with Crippen LogP contribution in [-0.4, -0.2) is 36.5 Å². The van der Waals surface area contributed by atoms with Crippen molar-refractivity contribution in [1.82, 2.24) is 24.6 Å². The zero-order chi connectivity index (χ0) is 22.1. The molecule has 0 radical (unpaired) electrons. The smallest absolute Gasteiger partial charge is 0.222 e. The van der Waals surface area contributed by atoms with Crippen molar-refractivity contribution >= 4 is 45.6 Å². The summed E-state index contributed by atoms with van der Waals surface area (Å²) in [5, 5.41) is 13.2. The van der Waals surface area contributed by atoms with Gasteiger partial charge in [-0.15, -0.1) is 0 Å². The fourth-order valence-electron chi connectivity index (χ4n) is 3.06. The summed E-state index contributed by atoms with van der Waals surface area (Å²) in [6, 6.07) is 0.00976. The zero-order valence-electron chi connectivity index (χ0n) is 17.5. The van der Waals surface area contributed by atoms with Gasteiger partial charge in [-0.25, -0.2) is 9.37 Å². The van der Waals surface area contributed by atoms with Gasteiger partial charge >= 0.3 is 0 Å². The summed E-state index contributed by atoms with van der Waals surface area (Å²) in [5.74, 6) is -0.405. The van der Waals surface area contributed by atoms with Crippen molar-refractivity contribution in [3.63, 3.8) is 0 Å². The van der Waals surface area contributed by atoms with Gasteiger partial charge in [0.15, 0.2) is 17.3 Å². The molecule has 162 valence electrons. The minimum Gasteiger partial charge on any atom is -0.379 e. The van der Waals surface area contributed by atoms with Crippen molar-refractivity contribution < 1.29 is 9.18 Å². The number of nitrogens with one attached hydrogen (secondary N) is 3. The number of hydrogen-bond acceptors (Lipinski definition) is 5. The van der Waals surface area contributed by atoms with E-state index in [1.165, 1.54) is 32.4 Å². The van der Waals surface area contributed by atoms with Gasteiger partial charge in [0.05, 0.1) is 40.5 Å². The fourth-order valence-corrected chi connectivity index (χ4v) is 3.35. The summed E-state index contributed by atoms with van der Waals surface area (Å²) < 4.78 is 16.7. The van der Waals surface area contributed by atoms with Crippen LogP contribution in [0.15, 0.2) is 24.8 Å². The Morgan fingerprint density at radius 3 is 2.65 bits per heavy atom. The quantitative estimate of drug-likeness (QED) is 0.411. The minimum absolute atomic E-state index is 0.00976. The molecule has 3 aromatic heterocycles. The monoisotopic (exact) mass is 443 g/mol. The maximum Gasteiger partial charge on any atom is 0.222 e. The van der Waals surface area contributed by atoms with E-state index >= 15 is 4.39 Å². The molecule has 10 heteroatoms. The number of amides is 1. The number of fused-ring (bicyclic) bond motifs is 2. The number of hydrogen-bond donors (Lipinski definition) is 3. The van der Waals surface area contributed by atoms with Crippen LogP contribution >= 0.6 is 11.6 Å². The number of rotatable bonds is 4. The average Bonchev–Trinajstić information content (AvgIpc) is 3.42. The second-order valence-electron chi connectivity index (χ2n) is 7.74. The molecule has 31 heavy (non-hydrogen) atoms. The lowest BCUT2D eigenvalue weighted by atomic mass is 10.1. The van der Waals surface area contributed by atoms with Crippen molar-refractivity contribution in [2.45, 2.75) is 46.1 Å². The molecule has 0 aliphatic heterocycles. The third kappa shape index (κ3) is 4.46. The Hall–Kier alpha value is -3.20. The van der Waals surface area contributed by atoms with E-state index in [0.717, 1.165) is 0 Å². The van der Waals surface area contributed by atoms with Gasteiger partial charge in [-0.2, -0.15) is 5.10 Å². The molecule has 0 atom stereocenters. The van der Waals surface area contributed by atoms with Crippen LogP contribution in [0.1, 0.15) is 40.0 Å². The van der Waals surface area contributed by atoms with E-state index in [1.54, 1.807) is 23.0 Å². The summed E-state index contributed by atoms with van der Waals surface area (Å²) in [5.41, 5.74) is 2.19. The second kappa shape index (κ2) is 8.50. The number of H-pyrrole nitrogens is 1. The summed E-state index contributed by atoms with van der Waals surface area (Å²) >= 11 is 6.40. The van der Waals surface area contributed by atoms with Crippen LogP contribution in [0.5, 0.6) is 0 Å². The predicted molar refractivity (Wildman–Crippen MR) is 120 cm³/mol. The second-order valence-corrected chi connectivity index (χ2v) is 8.12. The molecule has 1 aromatic carbocycles. The number of anilines is 2. The van der Waals surface area contributed by atoms with Crippen LogP contribution < -0.4 is 10.6 Å². The van der Waals surface area contributed by atoms with Gasteiger partial charge in [-0.1, -0.05) is 30.9 Å². The van der Waals surface area contributed by atoms with E-state index in [0.29, 0.717) is 33.6 Å². The summed E-state index contributed by atoms with van der Waals surface area (Å²) in [7, 11) is 0. The molecular formula is C21H23ClFN7O. The molecule has 8 nitrogen and oxygen atoms in total. The number of carbonyl (C=O) groups excluding carboxylic acids is 1. The molecule has 1 amide bonds. The highest BCUT2D eigenvalue weighted by Crippen LogP contribution is 2.40. The maximum atomic E-state index is 15.0. The molecule has 1 aliphatic rings. The topological polar surface area (TPSA) is 100 Å². The van der Waals surface area contributed by atoms with Gasteiger partial charge < -0.3 is 15.0 Å². The van der Waals surface area contributed by atoms with Gasteiger partial charge in [0.25, 0.3) is 0 Å². The van der Waals surface area contributed by atoms with Crippen LogP contribution in [0, 0.1) is 5.82 Å². The summed E-state index contributed by atoms with van der Waals surface area (Å²) in [6.45, 7) is 5.22. The molecule has 4 aromatic rings. The van der Waals surface area contributed by atoms with Crippen LogP contribution in [-0.2, 0) is 4.79 Å². The molecular weight excluding hydrogens is 421 g/mol. The first kappa shape index (κ1) is 21.0. The average molecular weight is 444 g/mol. The lowest BCUT2D eigenvalue weighted by Crippen LogP contribution is -2.12. The molecule has 1 saturated carbocycles. The van der Waals surface area contributed by atoms with Crippen molar-refractivity contribution in [3.8, 4) is 11.3 Å². The summed E-state index contributed by atoms with van der Waals surface area (Å²) in [4.78, 5) is 19.9. The lowest BCUT2D eigenvalue weighted by molar-refractivity contribution is -0.114. The Morgan fingerprint density at radius 2 is 2.00 bits per heavy atom. The number of benzene rings is 1. The Bertz CT molecular complexity index is 1260. The number of aromatic nitrogens is 5. The van der Waals surface area contributed by atoms with E-state index in [9.17, 15) is 4.79 Å². The number of nitrogens with zero attached hydrogens (tertiary/aromatic N) is 4. The van der Waals surface area contributed by atoms with E-state index < -0.39 is 5.82 Å². The van der Waals surface area contributed by atoms with Crippen LogP contribution in [0.4, 0.5) is 15.9 Å².